The Balaban J connectivity index is 1.58. The summed E-state index contributed by atoms with van der Waals surface area (Å²) in [5.41, 5.74) is 1.46. The molecule has 3 nitrogen and oxygen atoms in total. The molecule has 4 rings (SSSR count). The highest BCUT2D eigenvalue weighted by molar-refractivity contribution is 5.30. The number of aliphatic hydroxyl groups excluding tert-OH is 2. The van der Waals surface area contributed by atoms with E-state index in [1.165, 1.54) is 32.1 Å². The molecule has 0 saturated heterocycles. The number of rotatable bonds is 5. The van der Waals surface area contributed by atoms with E-state index in [2.05, 4.69) is 47.6 Å². The Morgan fingerprint density at radius 3 is 2.27 bits per heavy atom. The standard InChI is InChI=1S/C30H52O3/c1-19(9-13-25(32)27(4,5)33)20-15-16-30(8)23-12-10-21-22(11-14-24(31)26(21,2)3)28(23,6)17-18-29(20,30)7/h10,19-20,22-25,31-33H,9,11-18H2,1-8H3/t19-,20-,22-,23-,24+,25-,28+,29-,30+/m1/s1. The minimum atomic E-state index is -1.02. The predicted octanol–water partition coefficient (Wildman–Crippen LogP) is 6.50. The van der Waals surface area contributed by atoms with Gasteiger partial charge in [-0.3, -0.25) is 0 Å². The van der Waals surface area contributed by atoms with E-state index in [1.54, 1.807) is 19.4 Å². The molecule has 0 bridgehead atoms. The normalized spacial score (nSPS) is 46.6. The Hall–Kier alpha value is -0.380. The van der Waals surface area contributed by atoms with Gasteiger partial charge in [-0.1, -0.05) is 53.2 Å². The molecule has 0 spiro atoms. The van der Waals surface area contributed by atoms with Crippen LogP contribution < -0.4 is 0 Å². The van der Waals surface area contributed by atoms with Gasteiger partial charge in [-0.15, -0.1) is 0 Å². The zero-order chi connectivity index (χ0) is 24.6. The SMILES string of the molecule is C[C@H](CC[C@@H](O)C(C)(C)O)[C@H]1CC[C@@]2(C)[C@@H]3CC=C4[C@@H](CC[C@H](O)C4(C)C)[C@]3(C)CC[C@]12C. The van der Waals surface area contributed by atoms with E-state index in [4.69, 9.17) is 0 Å². The third-order valence-electron chi connectivity index (χ3n) is 12.3. The number of allylic oxidation sites excluding steroid dienone is 1. The summed E-state index contributed by atoms with van der Waals surface area (Å²) < 4.78 is 0. The van der Waals surface area contributed by atoms with E-state index >= 15 is 0 Å². The lowest BCUT2D eigenvalue weighted by Gasteiger charge is -2.66. The topological polar surface area (TPSA) is 60.7 Å². The Bertz CT molecular complexity index is 778. The van der Waals surface area contributed by atoms with Crippen molar-refractivity contribution in [1.29, 1.82) is 0 Å². The van der Waals surface area contributed by atoms with Crippen LogP contribution in [-0.2, 0) is 0 Å². The third-order valence-corrected chi connectivity index (χ3v) is 12.3. The van der Waals surface area contributed by atoms with E-state index < -0.39 is 11.7 Å². The molecule has 0 amide bonds. The Kier molecular flexibility index (Phi) is 6.28. The van der Waals surface area contributed by atoms with Gasteiger partial charge in [0, 0.05) is 5.41 Å². The van der Waals surface area contributed by atoms with Gasteiger partial charge in [0.2, 0.25) is 0 Å². The van der Waals surface area contributed by atoms with Gasteiger partial charge in [-0.25, -0.2) is 0 Å². The molecule has 0 radical (unpaired) electrons. The number of hydrogen-bond acceptors (Lipinski definition) is 3. The van der Waals surface area contributed by atoms with Crippen molar-refractivity contribution < 1.29 is 15.3 Å². The fraction of sp³-hybridized carbons (Fsp3) is 0.933. The quantitative estimate of drug-likeness (QED) is 0.410. The van der Waals surface area contributed by atoms with Crippen LogP contribution in [0.5, 0.6) is 0 Å². The van der Waals surface area contributed by atoms with Crippen LogP contribution in [0.2, 0.25) is 0 Å². The van der Waals surface area contributed by atoms with E-state index in [0.29, 0.717) is 46.3 Å². The lowest BCUT2D eigenvalue weighted by Crippen LogP contribution is -2.59. The van der Waals surface area contributed by atoms with Crippen molar-refractivity contribution in [3.05, 3.63) is 11.6 Å². The van der Waals surface area contributed by atoms with Gasteiger partial charge in [0.05, 0.1) is 17.8 Å². The van der Waals surface area contributed by atoms with Gasteiger partial charge in [0.1, 0.15) is 0 Å². The molecule has 0 heterocycles. The van der Waals surface area contributed by atoms with Crippen molar-refractivity contribution in [2.24, 2.45) is 45.3 Å². The molecule has 3 fully saturated rings. The molecule has 4 aliphatic carbocycles. The van der Waals surface area contributed by atoms with Crippen molar-refractivity contribution >= 4 is 0 Å². The first-order valence-electron chi connectivity index (χ1n) is 13.9. The van der Waals surface area contributed by atoms with E-state index in [0.717, 1.165) is 19.3 Å². The average molecular weight is 461 g/mol. The van der Waals surface area contributed by atoms with Crippen molar-refractivity contribution in [1.82, 2.24) is 0 Å². The second kappa shape index (κ2) is 8.07. The van der Waals surface area contributed by atoms with Gasteiger partial charge in [-0.05, 0) is 112 Å². The molecule has 0 aromatic carbocycles. The largest absolute Gasteiger partial charge is 0.392 e. The summed E-state index contributed by atoms with van der Waals surface area (Å²) in [6.45, 7) is 18.2. The molecule has 0 aliphatic heterocycles. The molecular formula is C30H52O3. The molecule has 33 heavy (non-hydrogen) atoms. The van der Waals surface area contributed by atoms with Crippen molar-refractivity contribution in [2.75, 3.05) is 0 Å². The fourth-order valence-corrected chi connectivity index (χ4v) is 9.61. The van der Waals surface area contributed by atoms with Crippen LogP contribution >= 0.6 is 0 Å². The maximum atomic E-state index is 10.8. The van der Waals surface area contributed by atoms with Crippen molar-refractivity contribution in [3.63, 3.8) is 0 Å². The van der Waals surface area contributed by atoms with E-state index in [9.17, 15) is 15.3 Å². The summed E-state index contributed by atoms with van der Waals surface area (Å²) in [5.74, 6) is 2.59. The maximum absolute atomic E-state index is 10.8. The molecule has 0 aromatic rings. The first kappa shape index (κ1) is 25.7. The molecular weight excluding hydrogens is 408 g/mol. The summed E-state index contributed by atoms with van der Waals surface area (Å²) in [4.78, 5) is 0. The highest BCUT2D eigenvalue weighted by Gasteiger charge is 2.67. The zero-order valence-corrected chi connectivity index (χ0v) is 22.7. The summed E-state index contributed by atoms with van der Waals surface area (Å²) in [7, 11) is 0. The smallest absolute Gasteiger partial charge is 0.0849 e. The summed E-state index contributed by atoms with van der Waals surface area (Å²) in [6, 6.07) is 0. The minimum absolute atomic E-state index is 0.0907. The Morgan fingerprint density at radius 2 is 1.64 bits per heavy atom. The highest BCUT2D eigenvalue weighted by Crippen LogP contribution is 2.75. The Morgan fingerprint density at radius 1 is 0.970 bits per heavy atom. The average Bonchev–Trinajstić information content (AvgIpc) is 2.99. The summed E-state index contributed by atoms with van der Waals surface area (Å²) in [6.07, 6.45) is 11.8. The van der Waals surface area contributed by atoms with Crippen LogP contribution in [0.25, 0.3) is 0 Å². The van der Waals surface area contributed by atoms with Crippen LogP contribution in [0, 0.1) is 45.3 Å². The molecule has 3 heteroatoms. The fourth-order valence-electron chi connectivity index (χ4n) is 9.61. The summed E-state index contributed by atoms with van der Waals surface area (Å²) >= 11 is 0. The van der Waals surface area contributed by atoms with Crippen LogP contribution in [-0.4, -0.2) is 33.1 Å². The van der Waals surface area contributed by atoms with Gasteiger partial charge in [0.25, 0.3) is 0 Å². The second-order valence-electron chi connectivity index (χ2n) is 14.5. The summed E-state index contributed by atoms with van der Waals surface area (Å²) in [5, 5.41) is 31.3. The van der Waals surface area contributed by atoms with E-state index in [1.807, 2.05) is 0 Å². The highest BCUT2D eigenvalue weighted by atomic mass is 16.3. The van der Waals surface area contributed by atoms with Crippen molar-refractivity contribution in [2.45, 2.75) is 131 Å². The lowest BCUT2D eigenvalue weighted by atomic mass is 9.39. The van der Waals surface area contributed by atoms with Gasteiger partial charge >= 0.3 is 0 Å². The first-order chi connectivity index (χ1) is 15.1. The maximum Gasteiger partial charge on any atom is 0.0849 e. The van der Waals surface area contributed by atoms with Crippen molar-refractivity contribution in [3.8, 4) is 0 Å². The van der Waals surface area contributed by atoms with Gasteiger partial charge in [-0.2, -0.15) is 0 Å². The number of hydrogen-bond donors (Lipinski definition) is 3. The minimum Gasteiger partial charge on any atom is -0.392 e. The number of fused-ring (bicyclic) bond motifs is 5. The van der Waals surface area contributed by atoms with Gasteiger partial charge in [0.15, 0.2) is 0 Å². The van der Waals surface area contributed by atoms with Crippen LogP contribution in [0.4, 0.5) is 0 Å². The number of aliphatic hydroxyl groups is 3. The molecule has 190 valence electrons. The van der Waals surface area contributed by atoms with Crippen LogP contribution in [0.1, 0.15) is 113 Å². The van der Waals surface area contributed by atoms with Crippen LogP contribution in [0.15, 0.2) is 11.6 Å². The molecule has 3 saturated carbocycles. The molecule has 3 N–H and O–H groups in total. The second-order valence-corrected chi connectivity index (χ2v) is 14.5. The monoisotopic (exact) mass is 460 g/mol. The molecule has 0 aromatic heterocycles. The molecule has 9 atom stereocenters. The zero-order valence-electron chi connectivity index (χ0n) is 22.7. The predicted molar refractivity (Wildman–Crippen MR) is 136 cm³/mol. The Labute approximate surface area is 203 Å². The van der Waals surface area contributed by atoms with Crippen LogP contribution in [0.3, 0.4) is 0 Å². The van der Waals surface area contributed by atoms with Gasteiger partial charge < -0.3 is 15.3 Å². The third kappa shape index (κ3) is 3.70. The lowest BCUT2D eigenvalue weighted by molar-refractivity contribution is -0.146. The molecule has 4 aliphatic rings. The first-order valence-corrected chi connectivity index (χ1v) is 13.9. The molecule has 0 unspecified atom stereocenters. The van der Waals surface area contributed by atoms with E-state index in [-0.39, 0.29) is 11.5 Å².